The number of benzene rings is 2. The van der Waals surface area contributed by atoms with Gasteiger partial charge in [0.25, 0.3) is 0 Å². The zero-order valence-electron chi connectivity index (χ0n) is 12.0. The molecule has 0 amide bonds. The minimum Gasteiger partial charge on any atom is -0.507 e. The monoisotopic (exact) mass is 279 g/mol. The first-order valence-corrected chi connectivity index (χ1v) is 6.82. The zero-order chi connectivity index (χ0) is 14.8. The highest BCUT2D eigenvalue weighted by Gasteiger charge is 2.05. The second-order valence-corrected chi connectivity index (χ2v) is 5.06. The Hall–Kier alpha value is -2.75. The van der Waals surface area contributed by atoms with E-state index in [2.05, 4.69) is 10.4 Å². The van der Waals surface area contributed by atoms with Crippen LogP contribution in [0.25, 0.3) is 5.69 Å². The second-order valence-electron chi connectivity index (χ2n) is 5.06. The molecule has 0 aliphatic heterocycles. The predicted octanol–water partition coefficient (Wildman–Crippen LogP) is 3.94. The fraction of sp³-hybridized carbons (Fsp3) is 0.118. The van der Waals surface area contributed by atoms with Gasteiger partial charge in [-0.3, -0.25) is 0 Å². The second kappa shape index (κ2) is 5.32. The lowest BCUT2D eigenvalue weighted by Gasteiger charge is -2.08. The van der Waals surface area contributed by atoms with Crippen molar-refractivity contribution in [2.75, 3.05) is 5.32 Å². The Balaban J connectivity index is 1.85. The number of rotatable bonds is 3. The molecule has 0 aliphatic carbocycles. The molecule has 1 aromatic heterocycles. The van der Waals surface area contributed by atoms with Gasteiger partial charge in [-0.05, 0) is 49.2 Å². The minimum atomic E-state index is 0.343. The number of nitrogens with zero attached hydrogens (tertiary/aromatic N) is 2. The molecule has 106 valence electrons. The summed E-state index contributed by atoms with van der Waals surface area (Å²) in [5.74, 6) is 1.11. The first kappa shape index (κ1) is 13.2. The number of hydrogen-bond acceptors (Lipinski definition) is 3. The van der Waals surface area contributed by atoms with Crippen LogP contribution in [-0.4, -0.2) is 14.9 Å². The molecule has 3 aromatic rings. The molecule has 0 unspecified atom stereocenters. The van der Waals surface area contributed by atoms with Crippen molar-refractivity contribution in [2.24, 2.45) is 0 Å². The summed E-state index contributed by atoms with van der Waals surface area (Å²) in [5, 5.41) is 17.6. The van der Waals surface area contributed by atoms with Gasteiger partial charge in [0.15, 0.2) is 5.82 Å². The number of aromatic nitrogens is 2. The van der Waals surface area contributed by atoms with Crippen LogP contribution >= 0.6 is 0 Å². The highest BCUT2D eigenvalue weighted by molar-refractivity contribution is 5.61. The van der Waals surface area contributed by atoms with E-state index in [0.717, 1.165) is 28.3 Å². The fourth-order valence-electron chi connectivity index (χ4n) is 2.29. The molecule has 3 rings (SSSR count). The maximum absolute atomic E-state index is 9.80. The molecule has 2 aromatic carbocycles. The lowest BCUT2D eigenvalue weighted by Crippen LogP contribution is -1.97. The molecule has 0 atom stereocenters. The van der Waals surface area contributed by atoms with Crippen LogP contribution in [0.5, 0.6) is 5.75 Å². The molecule has 21 heavy (non-hydrogen) atoms. The zero-order valence-corrected chi connectivity index (χ0v) is 12.0. The van der Waals surface area contributed by atoms with Gasteiger partial charge in [0.05, 0.1) is 5.69 Å². The van der Waals surface area contributed by atoms with Crippen LogP contribution in [0.2, 0.25) is 0 Å². The van der Waals surface area contributed by atoms with E-state index in [9.17, 15) is 5.11 Å². The molecule has 0 fully saturated rings. The van der Waals surface area contributed by atoms with Crippen molar-refractivity contribution < 1.29 is 5.11 Å². The van der Waals surface area contributed by atoms with Crippen molar-refractivity contribution >= 4 is 11.5 Å². The van der Waals surface area contributed by atoms with Crippen LogP contribution in [0, 0.1) is 13.8 Å². The van der Waals surface area contributed by atoms with Gasteiger partial charge in [0.2, 0.25) is 0 Å². The molecule has 4 heteroatoms. The number of aryl methyl sites for hydroxylation is 2. The first-order valence-electron chi connectivity index (χ1n) is 6.82. The molecule has 0 aliphatic rings. The number of aromatic hydroxyl groups is 1. The molecule has 4 nitrogen and oxygen atoms in total. The lowest BCUT2D eigenvalue weighted by molar-refractivity contribution is 0.467. The molecule has 0 radical (unpaired) electrons. The van der Waals surface area contributed by atoms with Crippen LogP contribution in [0.4, 0.5) is 11.5 Å². The highest BCUT2D eigenvalue weighted by Crippen LogP contribution is 2.27. The summed E-state index contributed by atoms with van der Waals surface area (Å²) >= 11 is 0. The SMILES string of the molecule is Cc1cc(Nc2ccn(-c3ccccc3)n2)cc(C)c1O. The van der Waals surface area contributed by atoms with E-state index in [1.54, 1.807) is 0 Å². The molecule has 1 heterocycles. The number of phenolic OH excluding ortho intramolecular Hbond substituents is 1. The number of nitrogens with one attached hydrogen (secondary N) is 1. The molecule has 0 saturated carbocycles. The van der Waals surface area contributed by atoms with Gasteiger partial charge in [-0.2, -0.15) is 5.10 Å². The minimum absolute atomic E-state index is 0.343. The Labute approximate surface area is 123 Å². The Morgan fingerprint density at radius 1 is 1.00 bits per heavy atom. The third-order valence-electron chi connectivity index (χ3n) is 3.37. The average Bonchev–Trinajstić information content (AvgIpc) is 2.94. The van der Waals surface area contributed by atoms with E-state index in [0.29, 0.717) is 5.75 Å². The summed E-state index contributed by atoms with van der Waals surface area (Å²) < 4.78 is 1.82. The van der Waals surface area contributed by atoms with Crippen molar-refractivity contribution in [3.05, 3.63) is 65.9 Å². The van der Waals surface area contributed by atoms with Crippen molar-refractivity contribution in [3.8, 4) is 11.4 Å². The quantitative estimate of drug-likeness (QED) is 0.714. The summed E-state index contributed by atoms with van der Waals surface area (Å²) in [7, 11) is 0. The molecule has 0 spiro atoms. The number of phenols is 1. The maximum atomic E-state index is 9.80. The van der Waals surface area contributed by atoms with Crippen molar-refractivity contribution in [3.63, 3.8) is 0 Å². The lowest BCUT2D eigenvalue weighted by atomic mass is 10.1. The summed E-state index contributed by atoms with van der Waals surface area (Å²) in [4.78, 5) is 0. The summed E-state index contributed by atoms with van der Waals surface area (Å²) in [6.45, 7) is 3.77. The molecule has 0 bridgehead atoms. The van der Waals surface area contributed by atoms with Crippen LogP contribution in [0.3, 0.4) is 0 Å². The van der Waals surface area contributed by atoms with Crippen molar-refractivity contribution in [1.82, 2.24) is 9.78 Å². The molecule has 2 N–H and O–H groups in total. The van der Waals surface area contributed by atoms with Crippen LogP contribution in [0.1, 0.15) is 11.1 Å². The third kappa shape index (κ3) is 2.74. The van der Waals surface area contributed by atoms with Gasteiger partial charge < -0.3 is 10.4 Å². The Kier molecular flexibility index (Phi) is 3.36. The Morgan fingerprint density at radius 2 is 1.67 bits per heavy atom. The van der Waals surface area contributed by atoms with Gasteiger partial charge in [0.1, 0.15) is 5.75 Å². The maximum Gasteiger partial charge on any atom is 0.152 e. The van der Waals surface area contributed by atoms with Gasteiger partial charge in [-0.25, -0.2) is 4.68 Å². The Bertz CT molecular complexity index is 740. The van der Waals surface area contributed by atoms with E-state index < -0.39 is 0 Å². The van der Waals surface area contributed by atoms with Crippen LogP contribution < -0.4 is 5.32 Å². The van der Waals surface area contributed by atoms with Crippen LogP contribution in [-0.2, 0) is 0 Å². The van der Waals surface area contributed by atoms with E-state index in [1.807, 2.05) is 73.3 Å². The van der Waals surface area contributed by atoms with Gasteiger partial charge in [0, 0.05) is 18.0 Å². The van der Waals surface area contributed by atoms with Crippen molar-refractivity contribution in [1.29, 1.82) is 0 Å². The topological polar surface area (TPSA) is 50.1 Å². The van der Waals surface area contributed by atoms with E-state index >= 15 is 0 Å². The van der Waals surface area contributed by atoms with Crippen molar-refractivity contribution in [2.45, 2.75) is 13.8 Å². The van der Waals surface area contributed by atoms with E-state index in [-0.39, 0.29) is 0 Å². The van der Waals surface area contributed by atoms with E-state index in [1.165, 1.54) is 0 Å². The normalized spacial score (nSPS) is 10.6. The summed E-state index contributed by atoms with van der Waals surface area (Å²) in [5.41, 5.74) is 3.63. The molecule has 0 saturated heterocycles. The predicted molar refractivity (Wildman–Crippen MR) is 84.4 cm³/mol. The smallest absolute Gasteiger partial charge is 0.152 e. The number of para-hydroxylation sites is 1. The van der Waals surface area contributed by atoms with Crippen LogP contribution in [0.15, 0.2) is 54.7 Å². The average molecular weight is 279 g/mol. The third-order valence-corrected chi connectivity index (χ3v) is 3.37. The largest absolute Gasteiger partial charge is 0.507 e. The Morgan fingerprint density at radius 3 is 2.33 bits per heavy atom. The summed E-state index contributed by atoms with van der Waals surface area (Å²) in [6, 6.07) is 15.7. The summed E-state index contributed by atoms with van der Waals surface area (Å²) in [6.07, 6.45) is 1.91. The number of anilines is 2. The standard InChI is InChI=1S/C17H17N3O/c1-12-10-14(11-13(2)17(12)21)18-16-8-9-20(19-16)15-6-4-3-5-7-15/h3-11,21H,1-2H3,(H,18,19). The molecular weight excluding hydrogens is 262 g/mol. The number of hydrogen-bond donors (Lipinski definition) is 2. The fourth-order valence-corrected chi connectivity index (χ4v) is 2.29. The first-order chi connectivity index (χ1) is 10.1. The van der Waals surface area contributed by atoms with Gasteiger partial charge in [-0.15, -0.1) is 0 Å². The van der Waals surface area contributed by atoms with Gasteiger partial charge in [-0.1, -0.05) is 18.2 Å². The van der Waals surface area contributed by atoms with Gasteiger partial charge >= 0.3 is 0 Å². The highest BCUT2D eigenvalue weighted by atomic mass is 16.3. The van der Waals surface area contributed by atoms with E-state index in [4.69, 9.17) is 0 Å². The molecular formula is C17H17N3O.